The van der Waals surface area contributed by atoms with Gasteiger partial charge in [-0.05, 0) is 59.6 Å². The Labute approximate surface area is 371 Å². The second-order valence-electron chi connectivity index (χ2n) is 11.0. The summed E-state index contributed by atoms with van der Waals surface area (Å²) in [6.07, 6.45) is 0. The van der Waals surface area contributed by atoms with Gasteiger partial charge in [0, 0.05) is 36.9 Å². The topological polar surface area (TPSA) is 189 Å². The minimum absolute atomic E-state index is 0.104. The van der Waals surface area contributed by atoms with Crippen LogP contribution in [0.3, 0.4) is 0 Å². The van der Waals surface area contributed by atoms with E-state index in [-0.39, 0.29) is 51.3 Å². The Morgan fingerprint density at radius 3 is 1.19 bits per heavy atom. The largest absolute Gasteiger partial charge is 0.495 e. The van der Waals surface area contributed by atoms with Gasteiger partial charge in [-0.2, -0.15) is 0 Å². The molecule has 308 valence electrons. The van der Waals surface area contributed by atoms with Crippen molar-refractivity contribution in [3.8, 4) is 17.2 Å². The molecule has 2 amide bonds. The van der Waals surface area contributed by atoms with Gasteiger partial charge in [-0.1, -0.05) is 90.1 Å². The molecule has 3 aliphatic rings. The van der Waals surface area contributed by atoms with Crippen LogP contribution in [0.4, 0.5) is 0 Å². The Kier molecular flexibility index (Phi) is 19.6. The van der Waals surface area contributed by atoms with Crippen molar-refractivity contribution in [3.63, 3.8) is 0 Å². The summed E-state index contributed by atoms with van der Waals surface area (Å²) in [6, 6.07) is 13.3. The Hall–Kier alpha value is -4.02. The predicted molar refractivity (Wildman–Crippen MR) is 239 cm³/mol. The molecule has 0 aromatic heterocycles. The normalized spacial score (nSPS) is 14.1. The Balaban J connectivity index is 0.000000227. The number of thiocarbonyl (C=S) groups is 3. The molecular weight excluding hydrogens is 914 g/mol. The maximum atomic E-state index is 12.8. The molecule has 22 heteroatoms. The van der Waals surface area contributed by atoms with Gasteiger partial charge in [0.1, 0.15) is 41.3 Å². The number of carbonyl (C=O) groups is 6. The zero-order chi connectivity index (χ0) is 43.1. The monoisotopic (exact) mass is 945 g/mol. The molecule has 0 aliphatic carbocycles. The molecule has 0 atom stereocenters. The quantitative estimate of drug-likeness (QED) is 0.150. The molecule has 58 heavy (non-hydrogen) atoms. The average Bonchev–Trinajstić information content (AvgIpc) is 3.99. The Bertz CT molecular complexity index is 1920. The zero-order valence-corrected chi connectivity index (χ0v) is 37.0. The van der Waals surface area contributed by atoms with E-state index in [0.29, 0.717) is 32.9 Å². The number of para-hydroxylation sites is 3. The molecule has 0 saturated carbocycles. The number of hydrogen-bond donors (Lipinski definition) is 3. The number of rotatable bonds is 9. The number of aromatic carboxylic acids is 2. The van der Waals surface area contributed by atoms with Crippen molar-refractivity contribution in [2.45, 2.75) is 0 Å². The third-order valence-corrected chi connectivity index (χ3v) is 12.2. The molecule has 3 aromatic carbocycles. The van der Waals surface area contributed by atoms with Crippen molar-refractivity contribution in [2.24, 2.45) is 0 Å². The number of thioether (sulfide) groups is 3. The van der Waals surface area contributed by atoms with Gasteiger partial charge >= 0.3 is 11.9 Å². The van der Waals surface area contributed by atoms with E-state index in [1.807, 2.05) is 0 Å². The highest BCUT2D eigenvalue weighted by atomic mass is 35.5. The minimum atomic E-state index is -1.22. The molecule has 3 fully saturated rings. The summed E-state index contributed by atoms with van der Waals surface area (Å²) in [5.41, 5.74) is 0.609. The molecule has 14 nitrogen and oxygen atoms in total. The highest BCUT2D eigenvalue weighted by Gasteiger charge is 2.32. The molecule has 0 spiro atoms. The number of ether oxygens (including phenoxy) is 3. The Morgan fingerprint density at radius 1 is 0.586 bits per heavy atom. The molecule has 6 rings (SSSR count). The van der Waals surface area contributed by atoms with E-state index in [1.54, 1.807) is 39.8 Å². The van der Waals surface area contributed by atoms with Crippen LogP contribution in [0.2, 0.25) is 0 Å². The number of carboxylic acids is 2. The second kappa shape index (κ2) is 23.5. The number of halogens is 2. The number of nitrogens with one attached hydrogen (secondary N) is 1. The van der Waals surface area contributed by atoms with E-state index < -0.39 is 22.4 Å². The van der Waals surface area contributed by atoms with Crippen molar-refractivity contribution in [3.05, 3.63) is 88.0 Å². The zero-order valence-electron chi connectivity index (χ0n) is 30.6. The van der Waals surface area contributed by atoms with Crippen molar-refractivity contribution in [2.75, 3.05) is 58.2 Å². The molecule has 3 N–H and O–H groups in total. The SMILES string of the molecule is COc1c(C(=O)Cl)cccc1C(=O)Cl.COc1c(C(=O)N2CCSC2=S)cccc1C(=O)N1CCSC1=S.COc1c(C(=O)O)cccc1C(=O)O.S=C1NCCS1. The molecule has 3 saturated heterocycles. The summed E-state index contributed by atoms with van der Waals surface area (Å²) in [5.74, 6) is 0.0422. The van der Waals surface area contributed by atoms with Gasteiger partial charge < -0.3 is 29.7 Å². The van der Waals surface area contributed by atoms with Gasteiger partial charge in [-0.15, -0.1) is 0 Å². The maximum Gasteiger partial charge on any atom is 0.339 e. The first kappa shape index (κ1) is 48.3. The summed E-state index contributed by atoms with van der Waals surface area (Å²) in [7, 11) is 4.02. The summed E-state index contributed by atoms with van der Waals surface area (Å²) in [4.78, 5) is 71.9. The van der Waals surface area contributed by atoms with Crippen molar-refractivity contribution in [1.29, 1.82) is 0 Å². The molecule has 0 unspecified atom stereocenters. The van der Waals surface area contributed by atoms with E-state index in [2.05, 4.69) is 5.32 Å². The first-order valence-corrected chi connectivity index (χ1v) is 21.3. The smallest absolute Gasteiger partial charge is 0.339 e. The van der Waals surface area contributed by atoms with E-state index in [9.17, 15) is 28.8 Å². The molecule has 0 radical (unpaired) electrons. The van der Waals surface area contributed by atoms with Gasteiger partial charge in [0.2, 0.25) is 0 Å². The lowest BCUT2D eigenvalue weighted by atomic mass is 10.1. The number of nitrogens with zero attached hydrogens (tertiary/aromatic N) is 2. The van der Waals surface area contributed by atoms with Crippen LogP contribution in [-0.2, 0) is 0 Å². The van der Waals surface area contributed by atoms with E-state index >= 15 is 0 Å². The molecular formula is C36H33Cl2N3O11S6. The van der Waals surface area contributed by atoms with Crippen LogP contribution in [0.15, 0.2) is 54.6 Å². The second-order valence-corrected chi connectivity index (χ2v) is 16.9. The maximum absolute atomic E-state index is 12.8. The first-order chi connectivity index (χ1) is 27.6. The third-order valence-electron chi connectivity index (χ3n) is 7.62. The van der Waals surface area contributed by atoms with Gasteiger partial charge in [-0.25, -0.2) is 9.59 Å². The van der Waals surface area contributed by atoms with Crippen molar-refractivity contribution in [1.82, 2.24) is 15.1 Å². The van der Waals surface area contributed by atoms with Crippen molar-refractivity contribution < 1.29 is 53.2 Å². The van der Waals surface area contributed by atoms with Crippen LogP contribution in [0.1, 0.15) is 62.1 Å². The highest BCUT2D eigenvalue weighted by molar-refractivity contribution is 8.24. The third kappa shape index (κ3) is 12.7. The summed E-state index contributed by atoms with van der Waals surface area (Å²) in [6.45, 7) is 2.19. The summed E-state index contributed by atoms with van der Waals surface area (Å²) < 4.78 is 17.1. The average molecular weight is 947 g/mol. The van der Waals surface area contributed by atoms with Crippen molar-refractivity contribution >= 4 is 142 Å². The number of hydrogen-bond acceptors (Lipinski definition) is 15. The fourth-order valence-electron chi connectivity index (χ4n) is 5.05. The van der Waals surface area contributed by atoms with Crippen LogP contribution in [0.25, 0.3) is 0 Å². The standard InChI is InChI=1S/C15H14N2O3S4.C9H6Cl2O3.C9H8O5.C3H5NS2/c1-20-11-9(12(18)16-5-7-23-14(16)21)3-2-4-10(11)13(19)17-6-8-24-15(17)22;1-14-7-5(8(10)12)3-2-4-6(7)9(11)13;1-14-7-5(8(10)11)3-2-4-6(7)9(12)13;5-3-4-1-2-6-3/h2-4H,5-8H2,1H3;2-4H,1H3;2-4H,1H3,(H,10,11)(H,12,13);1-2H2,(H,4,5). The summed E-state index contributed by atoms with van der Waals surface area (Å²) in [5, 5.41) is 19.1. The fraction of sp³-hybridized carbons (Fsp3) is 0.250. The Morgan fingerprint density at radius 2 is 0.931 bits per heavy atom. The highest BCUT2D eigenvalue weighted by Crippen LogP contribution is 2.31. The number of carbonyl (C=O) groups excluding carboxylic acids is 4. The molecule has 3 aliphatic heterocycles. The van der Waals surface area contributed by atoms with E-state index in [0.717, 1.165) is 28.1 Å². The molecule has 0 bridgehead atoms. The fourth-order valence-corrected chi connectivity index (χ4v) is 8.70. The predicted octanol–water partition coefficient (Wildman–Crippen LogP) is 6.80. The van der Waals surface area contributed by atoms with Crippen LogP contribution in [0.5, 0.6) is 17.2 Å². The van der Waals surface area contributed by atoms with Gasteiger partial charge in [0.15, 0.2) is 0 Å². The lowest BCUT2D eigenvalue weighted by molar-refractivity contribution is 0.0687. The lowest BCUT2D eigenvalue weighted by Gasteiger charge is -2.20. The van der Waals surface area contributed by atoms with Crippen LogP contribution in [0, 0.1) is 0 Å². The van der Waals surface area contributed by atoms with E-state index in [4.69, 9.17) is 84.3 Å². The number of benzene rings is 3. The van der Waals surface area contributed by atoms with Gasteiger partial charge in [0.05, 0.1) is 43.6 Å². The van der Waals surface area contributed by atoms with Crippen LogP contribution < -0.4 is 19.5 Å². The lowest BCUT2D eigenvalue weighted by Crippen LogP contribution is -2.33. The van der Waals surface area contributed by atoms with Gasteiger partial charge in [-0.3, -0.25) is 29.0 Å². The first-order valence-electron chi connectivity index (χ1n) is 16.3. The number of amides is 2. The van der Waals surface area contributed by atoms with E-state index in [1.165, 1.54) is 81.3 Å². The molecule has 3 heterocycles. The minimum Gasteiger partial charge on any atom is -0.495 e. The van der Waals surface area contributed by atoms with Crippen LogP contribution in [-0.4, -0.2) is 125 Å². The number of methoxy groups -OCH3 is 3. The molecule has 3 aromatic rings. The van der Waals surface area contributed by atoms with Crippen LogP contribution >= 0.6 is 95.1 Å². The number of carboxylic acid groups (broad SMARTS) is 2. The summed E-state index contributed by atoms with van der Waals surface area (Å²) >= 11 is 30.4. The van der Waals surface area contributed by atoms with Gasteiger partial charge in [0.25, 0.3) is 22.3 Å².